The summed E-state index contributed by atoms with van der Waals surface area (Å²) in [6.07, 6.45) is 1.77. The normalized spacial score (nSPS) is 12.2. The second-order valence-electron chi connectivity index (χ2n) is 5.45. The summed E-state index contributed by atoms with van der Waals surface area (Å²) < 4.78 is 0. The van der Waals surface area contributed by atoms with Crippen molar-refractivity contribution in [2.45, 2.75) is 39.7 Å². The summed E-state index contributed by atoms with van der Waals surface area (Å²) in [5.41, 5.74) is 1.47. The minimum absolute atomic E-state index is 0.0333. The van der Waals surface area contributed by atoms with Gasteiger partial charge in [-0.15, -0.1) is 0 Å². The number of hydrogen-bond donors (Lipinski definition) is 3. The molecule has 0 aliphatic heterocycles. The van der Waals surface area contributed by atoms with E-state index in [2.05, 4.69) is 31.4 Å². The van der Waals surface area contributed by atoms with Crippen LogP contribution in [0.25, 0.3) is 0 Å². The van der Waals surface area contributed by atoms with Gasteiger partial charge in [0.25, 0.3) is 5.91 Å². The van der Waals surface area contributed by atoms with Gasteiger partial charge in [0.2, 0.25) is 0 Å². The number of nitrogens with one attached hydrogen (secondary N) is 2. The van der Waals surface area contributed by atoms with Gasteiger partial charge in [-0.3, -0.25) is 4.79 Å². The lowest BCUT2D eigenvalue weighted by molar-refractivity contribution is 0.0909. The Morgan fingerprint density at radius 2 is 2.00 bits per heavy atom. The molecule has 1 aromatic rings. The third-order valence-electron chi connectivity index (χ3n) is 3.05. The highest BCUT2D eigenvalue weighted by molar-refractivity contribution is 5.99. The van der Waals surface area contributed by atoms with Crippen LogP contribution in [0.1, 0.15) is 44.0 Å². The Morgan fingerprint density at radius 3 is 2.60 bits per heavy atom. The average molecular weight is 278 g/mol. The summed E-state index contributed by atoms with van der Waals surface area (Å²) in [5, 5.41) is 15.5. The zero-order valence-electron chi connectivity index (χ0n) is 12.6. The van der Waals surface area contributed by atoms with Crippen LogP contribution in [-0.4, -0.2) is 30.2 Å². The molecule has 1 rings (SSSR count). The molecule has 4 nitrogen and oxygen atoms in total. The molecule has 0 spiro atoms. The molecule has 1 unspecified atom stereocenters. The van der Waals surface area contributed by atoms with Gasteiger partial charge in [-0.2, -0.15) is 0 Å². The molecule has 0 aromatic heterocycles. The van der Waals surface area contributed by atoms with Crippen LogP contribution in [0, 0.1) is 5.92 Å². The third kappa shape index (κ3) is 5.21. The van der Waals surface area contributed by atoms with Crippen LogP contribution < -0.4 is 10.6 Å². The van der Waals surface area contributed by atoms with Gasteiger partial charge < -0.3 is 15.7 Å². The van der Waals surface area contributed by atoms with Crippen LogP contribution in [0.5, 0.6) is 0 Å². The minimum Gasteiger partial charge on any atom is -0.394 e. The van der Waals surface area contributed by atoms with E-state index in [1.54, 1.807) is 6.07 Å². The summed E-state index contributed by atoms with van der Waals surface area (Å²) in [6.45, 7) is 7.03. The van der Waals surface area contributed by atoms with Gasteiger partial charge in [-0.1, -0.05) is 32.9 Å². The van der Waals surface area contributed by atoms with Crippen LogP contribution in [0.3, 0.4) is 0 Å². The Labute approximate surface area is 121 Å². The molecule has 4 heteroatoms. The maximum atomic E-state index is 12.3. The molecule has 3 N–H and O–H groups in total. The second-order valence-corrected chi connectivity index (χ2v) is 5.45. The molecule has 20 heavy (non-hydrogen) atoms. The van der Waals surface area contributed by atoms with Gasteiger partial charge in [-0.25, -0.2) is 0 Å². The van der Waals surface area contributed by atoms with E-state index < -0.39 is 0 Å². The molecule has 1 amide bonds. The second kappa shape index (κ2) is 8.59. The lowest BCUT2D eigenvalue weighted by Crippen LogP contribution is -2.38. The monoisotopic (exact) mass is 278 g/mol. The first kappa shape index (κ1) is 16.5. The van der Waals surface area contributed by atoms with Crippen molar-refractivity contribution in [3.8, 4) is 0 Å². The number of carbonyl (C=O) groups is 1. The Balaban J connectivity index is 2.75. The highest BCUT2D eigenvalue weighted by atomic mass is 16.3. The van der Waals surface area contributed by atoms with Gasteiger partial charge in [-0.05, 0) is 30.9 Å². The van der Waals surface area contributed by atoms with Crippen LogP contribution >= 0.6 is 0 Å². The fourth-order valence-corrected chi connectivity index (χ4v) is 2.11. The maximum Gasteiger partial charge on any atom is 0.253 e. The van der Waals surface area contributed by atoms with Crippen LogP contribution in [0.4, 0.5) is 5.69 Å². The average Bonchev–Trinajstić information content (AvgIpc) is 2.44. The lowest BCUT2D eigenvalue weighted by Gasteiger charge is -2.19. The van der Waals surface area contributed by atoms with Gasteiger partial charge >= 0.3 is 0 Å². The first-order chi connectivity index (χ1) is 9.58. The largest absolute Gasteiger partial charge is 0.394 e. The van der Waals surface area contributed by atoms with E-state index in [0.29, 0.717) is 11.5 Å². The molecule has 0 heterocycles. The van der Waals surface area contributed by atoms with Gasteiger partial charge in [0, 0.05) is 12.2 Å². The number of anilines is 1. The first-order valence-electron chi connectivity index (χ1n) is 7.33. The third-order valence-corrected chi connectivity index (χ3v) is 3.05. The fourth-order valence-electron chi connectivity index (χ4n) is 2.11. The van der Waals surface area contributed by atoms with Gasteiger partial charge in [0.15, 0.2) is 0 Å². The van der Waals surface area contributed by atoms with Crippen LogP contribution in [-0.2, 0) is 0 Å². The van der Waals surface area contributed by atoms with Crippen molar-refractivity contribution < 1.29 is 9.90 Å². The van der Waals surface area contributed by atoms with Crippen molar-refractivity contribution in [3.63, 3.8) is 0 Å². The Morgan fingerprint density at radius 1 is 1.30 bits per heavy atom. The van der Waals surface area contributed by atoms with Crippen LogP contribution in [0.2, 0.25) is 0 Å². The number of aliphatic hydroxyl groups is 1. The molecule has 0 fully saturated rings. The summed E-state index contributed by atoms with van der Waals surface area (Å²) in [5.74, 6) is 0.296. The molecule has 0 saturated heterocycles. The minimum atomic E-state index is -0.193. The predicted octanol–water partition coefficient (Wildman–Crippen LogP) is 2.65. The quantitative estimate of drug-likeness (QED) is 0.685. The molecule has 1 atom stereocenters. The molecular weight excluding hydrogens is 252 g/mol. The SMILES string of the molecule is CCCNc1ccccc1C(=O)NC(CO)CC(C)C. The molecule has 1 aromatic carbocycles. The summed E-state index contributed by atoms with van der Waals surface area (Å²) in [6, 6.07) is 7.27. The van der Waals surface area contributed by atoms with E-state index >= 15 is 0 Å². The summed E-state index contributed by atoms with van der Waals surface area (Å²) >= 11 is 0. The highest BCUT2D eigenvalue weighted by Crippen LogP contribution is 2.15. The van der Waals surface area contributed by atoms with E-state index in [1.165, 1.54) is 0 Å². The number of aliphatic hydroxyl groups excluding tert-OH is 1. The number of rotatable bonds is 8. The molecule has 112 valence electrons. The van der Waals surface area contributed by atoms with Gasteiger partial charge in [0.05, 0.1) is 18.2 Å². The lowest BCUT2D eigenvalue weighted by atomic mass is 10.0. The van der Waals surface area contributed by atoms with Crippen molar-refractivity contribution in [3.05, 3.63) is 29.8 Å². The molecule has 0 aliphatic carbocycles. The van der Waals surface area contributed by atoms with Crippen molar-refractivity contribution in [2.75, 3.05) is 18.5 Å². The highest BCUT2D eigenvalue weighted by Gasteiger charge is 2.16. The standard InChI is InChI=1S/C16H26N2O2/c1-4-9-17-15-8-6-5-7-14(15)16(20)18-13(11-19)10-12(2)3/h5-8,12-13,17,19H,4,9-11H2,1-3H3,(H,18,20). The van der Waals surface area contributed by atoms with Crippen molar-refractivity contribution in [2.24, 2.45) is 5.92 Å². The smallest absolute Gasteiger partial charge is 0.253 e. The number of hydrogen-bond acceptors (Lipinski definition) is 3. The predicted molar refractivity (Wildman–Crippen MR) is 83.0 cm³/mol. The van der Waals surface area contributed by atoms with Crippen molar-refractivity contribution in [1.82, 2.24) is 5.32 Å². The zero-order valence-corrected chi connectivity index (χ0v) is 12.6. The Kier molecular flexibility index (Phi) is 7.09. The van der Waals surface area contributed by atoms with Crippen molar-refractivity contribution >= 4 is 11.6 Å². The van der Waals surface area contributed by atoms with E-state index in [4.69, 9.17) is 0 Å². The van der Waals surface area contributed by atoms with Crippen molar-refractivity contribution in [1.29, 1.82) is 0 Å². The Hall–Kier alpha value is -1.55. The van der Waals surface area contributed by atoms with E-state index in [9.17, 15) is 9.90 Å². The summed E-state index contributed by atoms with van der Waals surface area (Å²) in [7, 11) is 0. The maximum absolute atomic E-state index is 12.3. The van der Waals surface area contributed by atoms with E-state index in [-0.39, 0.29) is 18.6 Å². The number of carbonyl (C=O) groups excluding carboxylic acids is 1. The number of para-hydroxylation sites is 1. The number of benzene rings is 1. The van der Waals surface area contributed by atoms with Crippen LogP contribution in [0.15, 0.2) is 24.3 Å². The van der Waals surface area contributed by atoms with E-state index in [0.717, 1.165) is 25.1 Å². The Bertz CT molecular complexity index is 419. The number of amides is 1. The molecule has 0 bridgehead atoms. The molecule has 0 saturated carbocycles. The molecule has 0 radical (unpaired) electrons. The fraction of sp³-hybridized carbons (Fsp3) is 0.562. The van der Waals surface area contributed by atoms with Gasteiger partial charge in [0.1, 0.15) is 0 Å². The topological polar surface area (TPSA) is 61.4 Å². The van der Waals surface area contributed by atoms with E-state index in [1.807, 2.05) is 18.2 Å². The molecular formula is C16H26N2O2. The first-order valence-corrected chi connectivity index (χ1v) is 7.33. The zero-order chi connectivity index (χ0) is 15.0. The summed E-state index contributed by atoms with van der Waals surface area (Å²) in [4.78, 5) is 12.3. The molecule has 0 aliphatic rings.